The first-order valence-corrected chi connectivity index (χ1v) is 12.1. The molecule has 4 rings (SSSR count). The van der Waals surface area contributed by atoms with Crippen molar-refractivity contribution in [1.82, 2.24) is 19.9 Å². The number of nitrogens with two attached hydrogens (primary N) is 2. The van der Waals surface area contributed by atoms with E-state index in [1.807, 2.05) is 18.2 Å². The number of sulfonamides is 1. The molecule has 2 aromatic rings. The van der Waals surface area contributed by atoms with E-state index < -0.39 is 15.8 Å². The van der Waals surface area contributed by atoms with E-state index in [-0.39, 0.29) is 10.8 Å². The zero-order valence-electron chi connectivity index (χ0n) is 17.8. The maximum Gasteiger partial charge on any atom is 0.243 e. The summed E-state index contributed by atoms with van der Waals surface area (Å²) in [5.41, 5.74) is 13.6. The first-order valence-electron chi connectivity index (χ1n) is 10.7. The summed E-state index contributed by atoms with van der Waals surface area (Å²) < 4.78 is 28.1. The van der Waals surface area contributed by atoms with Crippen LogP contribution in [0, 0.1) is 5.92 Å². The lowest BCUT2D eigenvalue weighted by molar-refractivity contribution is 0.259. The van der Waals surface area contributed by atoms with Gasteiger partial charge in [0, 0.05) is 37.6 Å². The van der Waals surface area contributed by atoms with Crippen molar-refractivity contribution < 1.29 is 8.42 Å². The Labute approximate surface area is 188 Å². The van der Waals surface area contributed by atoms with Gasteiger partial charge in [-0.1, -0.05) is 18.2 Å². The van der Waals surface area contributed by atoms with Crippen molar-refractivity contribution in [3.8, 4) is 0 Å². The molecule has 1 saturated heterocycles. The van der Waals surface area contributed by atoms with Gasteiger partial charge < -0.3 is 16.4 Å². The molecule has 2 atom stereocenters. The van der Waals surface area contributed by atoms with Crippen molar-refractivity contribution >= 4 is 15.9 Å². The van der Waals surface area contributed by atoms with Crippen LogP contribution in [-0.4, -0.2) is 43.2 Å². The van der Waals surface area contributed by atoms with Crippen molar-refractivity contribution in [2.75, 3.05) is 19.6 Å². The average Bonchev–Trinajstić information content (AvgIpc) is 2.80. The molecule has 0 aliphatic carbocycles. The van der Waals surface area contributed by atoms with E-state index in [2.05, 4.69) is 20.6 Å². The first-order chi connectivity index (χ1) is 15.4. The summed E-state index contributed by atoms with van der Waals surface area (Å²) in [4.78, 5) is 8.78. The van der Waals surface area contributed by atoms with Crippen molar-refractivity contribution in [3.63, 3.8) is 0 Å². The molecule has 2 aliphatic heterocycles. The van der Waals surface area contributed by atoms with Gasteiger partial charge in [-0.05, 0) is 55.6 Å². The summed E-state index contributed by atoms with van der Waals surface area (Å²) in [7, 11) is -3.59. The summed E-state index contributed by atoms with van der Waals surface area (Å²) in [5, 5.41) is 6.36. The number of benzene rings is 1. The number of rotatable bonds is 7. The molecule has 0 saturated carbocycles. The number of hydrogen-bond donors (Lipinski definition) is 4. The summed E-state index contributed by atoms with van der Waals surface area (Å²) in [6.45, 7) is 2.43. The van der Waals surface area contributed by atoms with Crippen molar-refractivity contribution in [2.24, 2.45) is 22.4 Å². The molecule has 1 aromatic heterocycles. The fourth-order valence-electron chi connectivity index (χ4n) is 4.02. The molecule has 32 heavy (non-hydrogen) atoms. The fourth-order valence-corrected chi connectivity index (χ4v) is 5.58. The lowest BCUT2D eigenvalue weighted by Gasteiger charge is -2.32. The zero-order chi connectivity index (χ0) is 22.6. The minimum absolute atomic E-state index is 0.246. The Bertz CT molecular complexity index is 1090. The van der Waals surface area contributed by atoms with Crippen LogP contribution in [0.4, 0.5) is 0 Å². The molecule has 0 radical (unpaired) electrons. The summed E-state index contributed by atoms with van der Waals surface area (Å²) >= 11 is 0. The predicted octanol–water partition coefficient (Wildman–Crippen LogP) is 0.815. The Balaban J connectivity index is 1.39. The third-order valence-corrected chi connectivity index (χ3v) is 7.62. The molecule has 6 N–H and O–H groups in total. The maximum absolute atomic E-state index is 13.2. The Kier molecular flexibility index (Phi) is 6.56. The van der Waals surface area contributed by atoms with Crippen LogP contribution in [0.1, 0.15) is 24.1 Å². The number of hydrogen-bond acceptors (Lipinski definition) is 8. The molecule has 9 nitrogen and oxygen atoms in total. The van der Waals surface area contributed by atoms with Gasteiger partial charge in [0.15, 0.2) is 0 Å². The number of amidine groups is 1. The molecule has 170 valence electrons. The van der Waals surface area contributed by atoms with Gasteiger partial charge in [0.1, 0.15) is 5.84 Å². The second kappa shape index (κ2) is 9.37. The fraction of sp³-hybridized carbons (Fsp3) is 0.364. The second-order valence-corrected chi connectivity index (χ2v) is 10.1. The SMILES string of the molecule is NC1=NC(N)(c2ccc(S(=O)(=O)N3CCCC(CNCc4ccccn4)C3)cc2)NC=C1. The van der Waals surface area contributed by atoms with Crippen molar-refractivity contribution in [3.05, 3.63) is 72.2 Å². The third kappa shape index (κ3) is 4.99. The van der Waals surface area contributed by atoms with Gasteiger partial charge in [0.2, 0.25) is 15.8 Å². The van der Waals surface area contributed by atoms with E-state index in [0.717, 1.165) is 25.1 Å². The number of aromatic nitrogens is 1. The van der Waals surface area contributed by atoms with Gasteiger partial charge in [0.25, 0.3) is 0 Å². The molecule has 10 heteroatoms. The number of pyridine rings is 1. The lowest BCUT2D eigenvalue weighted by atomic mass is 10.00. The van der Waals surface area contributed by atoms with Crippen LogP contribution in [0.3, 0.4) is 0 Å². The van der Waals surface area contributed by atoms with Crippen molar-refractivity contribution in [2.45, 2.75) is 30.1 Å². The Morgan fingerprint density at radius 1 is 1.22 bits per heavy atom. The van der Waals surface area contributed by atoms with Gasteiger partial charge in [-0.2, -0.15) is 4.31 Å². The van der Waals surface area contributed by atoms with E-state index in [4.69, 9.17) is 11.5 Å². The molecule has 3 heterocycles. The standard InChI is InChI=1S/C22H29N7O2S/c23-21-10-12-27-22(24,28-21)18-6-8-20(9-7-18)32(30,31)29-13-3-4-17(16-29)14-25-15-19-5-1-2-11-26-19/h1-2,5-12,17,25,27H,3-4,13-16,24H2,(H2,23,28). The highest BCUT2D eigenvalue weighted by Gasteiger charge is 2.32. The van der Waals surface area contributed by atoms with Gasteiger partial charge >= 0.3 is 0 Å². The monoisotopic (exact) mass is 455 g/mol. The van der Waals surface area contributed by atoms with Gasteiger partial charge in [0.05, 0.1) is 10.6 Å². The highest BCUT2D eigenvalue weighted by Crippen LogP contribution is 2.26. The smallest absolute Gasteiger partial charge is 0.243 e. The third-order valence-electron chi connectivity index (χ3n) is 5.74. The van der Waals surface area contributed by atoms with Gasteiger partial charge in [-0.25, -0.2) is 13.4 Å². The van der Waals surface area contributed by atoms with E-state index in [1.54, 1.807) is 47.0 Å². The van der Waals surface area contributed by atoms with Gasteiger partial charge in [-0.3, -0.25) is 10.7 Å². The molecule has 2 unspecified atom stereocenters. The quantitative estimate of drug-likeness (QED) is 0.485. The Morgan fingerprint density at radius 2 is 2.03 bits per heavy atom. The van der Waals surface area contributed by atoms with Crippen LogP contribution < -0.4 is 22.1 Å². The Hall–Kier alpha value is -2.79. The number of piperidine rings is 1. The highest BCUT2D eigenvalue weighted by molar-refractivity contribution is 7.89. The molecular formula is C22H29N7O2S. The second-order valence-electron chi connectivity index (χ2n) is 8.13. The largest absolute Gasteiger partial charge is 0.384 e. The van der Waals surface area contributed by atoms with E-state index >= 15 is 0 Å². The van der Waals surface area contributed by atoms with Crippen LogP contribution in [-0.2, 0) is 22.4 Å². The Morgan fingerprint density at radius 3 is 2.75 bits per heavy atom. The van der Waals surface area contributed by atoms with Crippen molar-refractivity contribution in [1.29, 1.82) is 0 Å². The zero-order valence-corrected chi connectivity index (χ0v) is 18.6. The number of nitrogens with zero attached hydrogens (tertiary/aromatic N) is 3. The normalized spacial score (nSPS) is 24.0. The van der Waals surface area contributed by atoms with Crippen LogP contribution in [0.25, 0.3) is 0 Å². The summed E-state index contributed by atoms with van der Waals surface area (Å²) in [5.74, 6) is -0.653. The molecule has 2 aliphatic rings. The summed E-state index contributed by atoms with van der Waals surface area (Å²) in [6.07, 6.45) is 6.84. The number of aliphatic imine (C=N–C) groups is 1. The molecular weight excluding hydrogens is 426 g/mol. The van der Waals surface area contributed by atoms with Crippen LogP contribution in [0.15, 0.2) is 70.8 Å². The maximum atomic E-state index is 13.2. The molecule has 0 spiro atoms. The van der Waals surface area contributed by atoms with Crippen LogP contribution >= 0.6 is 0 Å². The van der Waals surface area contributed by atoms with E-state index in [1.165, 1.54) is 0 Å². The highest BCUT2D eigenvalue weighted by atomic mass is 32.2. The minimum atomic E-state index is -3.59. The lowest BCUT2D eigenvalue weighted by Crippen LogP contribution is -2.49. The van der Waals surface area contributed by atoms with Crippen LogP contribution in [0.2, 0.25) is 0 Å². The minimum Gasteiger partial charge on any atom is -0.384 e. The number of nitrogens with one attached hydrogen (secondary N) is 2. The first kappa shape index (κ1) is 22.4. The van der Waals surface area contributed by atoms with Gasteiger partial charge in [-0.15, -0.1) is 0 Å². The average molecular weight is 456 g/mol. The molecule has 1 aromatic carbocycles. The predicted molar refractivity (Wildman–Crippen MR) is 124 cm³/mol. The van der Waals surface area contributed by atoms with Crippen LogP contribution in [0.5, 0.6) is 0 Å². The molecule has 0 bridgehead atoms. The molecule has 0 amide bonds. The van der Waals surface area contributed by atoms with E-state index in [9.17, 15) is 8.42 Å². The van der Waals surface area contributed by atoms with E-state index in [0.29, 0.717) is 31.0 Å². The topological polar surface area (TPSA) is 139 Å². The molecule has 1 fully saturated rings. The summed E-state index contributed by atoms with van der Waals surface area (Å²) in [6, 6.07) is 12.3.